The maximum Gasteiger partial charge on any atom is 0.270 e. The van der Waals surface area contributed by atoms with Crippen molar-refractivity contribution in [3.05, 3.63) is 17.6 Å². The summed E-state index contributed by atoms with van der Waals surface area (Å²) in [6.07, 6.45) is 2.17. The van der Waals surface area contributed by atoms with Crippen LogP contribution in [0.2, 0.25) is 0 Å². The van der Waals surface area contributed by atoms with Crippen LogP contribution in [0.15, 0.2) is 6.07 Å². The largest absolute Gasteiger partial charge is 0.354 e. The number of piperazine rings is 1. The summed E-state index contributed by atoms with van der Waals surface area (Å²) in [6.45, 7) is 5.76. The number of likely N-dealkylation sites (N-methyl/N-ethyl adjacent to an activating group) is 1. The second-order valence-corrected chi connectivity index (χ2v) is 5.70. The fourth-order valence-corrected chi connectivity index (χ4v) is 2.35. The molecular formula is C14H21N5O. The van der Waals surface area contributed by atoms with E-state index in [0.717, 1.165) is 44.8 Å². The lowest BCUT2D eigenvalue weighted by molar-refractivity contribution is 0.0945. The molecule has 1 N–H and O–H groups in total. The number of nitrogens with zero attached hydrogens (tertiary/aromatic N) is 4. The summed E-state index contributed by atoms with van der Waals surface area (Å²) in [4.78, 5) is 25.4. The molecule has 6 heteroatoms. The molecule has 0 aromatic carbocycles. The highest BCUT2D eigenvalue weighted by atomic mass is 16.2. The van der Waals surface area contributed by atoms with Crippen molar-refractivity contribution in [3.63, 3.8) is 0 Å². The SMILES string of the molecule is Cc1nc(C(=O)NC2CC2)cc(N2CCN(C)CC2)n1. The average molecular weight is 275 g/mol. The molecule has 1 saturated heterocycles. The molecule has 0 spiro atoms. The van der Waals surface area contributed by atoms with E-state index in [1.165, 1.54) is 0 Å². The molecule has 1 aromatic heterocycles. The van der Waals surface area contributed by atoms with Crippen LogP contribution < -0.4 is 10.2 Å². The van der Waals surface area contributed by atoms with Crippen molar-refractivity contribution in [2.75, 3.05) is 38.1 Å². The number of hydrogen-bond donors (Lipinski definition) is 1. The number of amides is 1. The molecule has 2 heterocycles. The molecule has 1 aromatic rings. The van der Waals surface area contributed by atoms with E-state index in [9.17, 15) is 4.79 Å². The number of rotatable bonds is 3. The molecule has 2 aliphatic rings. The van der Waals surface area contributed by atoms with Gasteiger partial charge in [-0.2, -0.15) is 0 Å². The predicted octanol–water partition coefficient (Wildman–Crippen LogP) is 0.429. The Morgan fingerprint density at radius 3 is 2.60 bits per heavy atom. The summed E-state index contributed by atoms with van der Waals surface area (Å²) in [5.41, 5.74) is 0.485. The standard InChI is InChI=1S/C14H21N5O/c1-10-15-12(14(20)17-11-3-4-11)9-13(16-10)19-7-5-18(2)6-8-19/h9,11H,3-8H2,1-2H3,(H,17,20). The van der Waals surface area contributed by atoms with Crippen LogP contribution in [0, 0.1) is 6.92 Å². The van der Waals surface area contributed by atoms with E-state index in [4.69, 9.17) is 0 Å². The smallest absolute Gasteiger partial charge is 0.270 e. The van der Waals surface area contributed by atoms with Crippen LogP contribution in [-0.2, 0) is 0 Å². The third-order valence-electron chi connectivity index (χ3n) is 3.80. The molecule has 20 heavy (non-hydrogen) atoms. The molecule has 0 radical (unpaired) electrons. The quantitative estimate of drug-likeness (QED) is 0.867. The normalized spacial score (nSPS) is 20.0. The molecule has 0 unspecified atom stereocenters. The maximum atomic E-state index is 12.1. The van der Waals surface area contributed by atoms with Crippen LogP contribution in [0.1, 0.15) is 29.2 Å². The van der Waals surface area contributed by atoms with Crippen LogP contribution in [0.25, 0.3) is 0 Å². The molecule has 6 nitrogen and oxygen atoms in total. The van der Waals surface area contributed by atoms with E-state index >= 15 is 0 Å². The van der Waals surface area contributed by atoms with Gasteiger partial charge in [-0.05, 0) is 26.8 Å². The zero-order chi connectivity index (χ0) is 14.1. The Bertz CT molecular complexity index is 506. The molecule has 1 saturated carbocycles. The van der Waals surface area contributed by atoms with E-state index in [1.807, 2.05) is 13.0 Å². The predicted molar refractivity (Wildman–Crippen MR) is 77.0 cm³/mol. The minimum atomic E-state index is -0.0756. The van der Waals surface area contributed by atoms with Crippen LogP contribution in [-0.4, -0.2) is 60.0 Å². The van der Waals surface area contributed by atoms with E-state index in [1.54, 1.807) is 0 Å². The Kier molecular flexibility index (Phi) is 3.56. The van der Waals surface area contributed by atoms with Gasteiger partial charge in [0.25, 0.3) is 5.91 Å². The van der Waals surface area contributed by atoms with Crippen molar-refractivity contribution in [3.8, 4) is 0 Å². The Hall–Kier alpha value is -1.69. The van der Waals surface area contributed by atoms with Gasteiger partial charge in [0.2, 0.25) is 0 Å². The monoisotopic (exact) mass is 275 g/mol. The summed E-state index contributed by atoms with van der Waals surface area (Å²) in [7, 11) is 2.12. The van der Waals surface area contributed by atoms with Crippen molar-refractivity contribution in [2.24, 2.45) is 0 Å². The van der Waals surface area contributed by atoms with Crippen LogP contribution in [0.3, 0.4) is 0 Å². The highest BCUT2D eigenvalue weighted by Gasteiger charge is 2.25. The van der Waals surface area contributed by atoms with Crippen molar-refractivity contribution >= 4 is 11.7 Å². The molecule has 1 aliphatic carbocycles. The zero-order valence-corrected chi connectivity index (χ0v) is 12.1. The number of hydrogen-bond acceptors (Lipinski definition) is 5. The average Bonchev–Trinajstić information content (AvgIpc) is 3.22. The first-order valence-electron chi connectivity index (χ1n) is 7.22. The Balaban J connectivity index is 1.76. The highest BCUT2D eigenvalue weighted by molar-refractivity contribution is 5.93. The number of nitrogens with one attached hydrogen (secondary N) is 1. The van der Waals surface area contributed by atoms with E-state index < -0.39 is 0 Å². The van der Waals surface area contributed by atoms with Crippen molar-refractivity contribution < 1.29 is 4.79 Å². The molecule has 108 valence electrons. The Morgan fingerprint density at radius 1 is 1.25 bits per heavy atom. The number of aryl methyl sites for hydroxylation is 1. The van der Waals surface area contributed by atoms with Gasteiger partial charge in [0, 0.05) is 38.3 Å². The van der Waals surface area contributed by atoms with E-state index in [0.29, 0.717) is 17.6 Å². The second-order valence-electron chi connectivity index (χ2n) is 5.70. The van der Waals surface area contributed by atoms with Gasteiger partial charge in [0.05, 0.1) is 0 Å². The summed E-state index contributed by atoms with van der Waals surface area (Å²) in [5.74, 6) is 1.45. The van der Waals surface area contributed by atoms with Crippen LogP contribution in [0.5, 0.6) is 0 Å². The number of carbonyl (C=O) groups is 1. The fourth-order valence-electron chi connectivity index (χ4n) is 2.35. The molecule has 3 rings (SSSR count). The van der Waals surface area contributed by atoms with Gasteiger partial charge in [0.1, 0.15) is 17.3 Å². The maximum absolute atomic E-state index is 12.1. The van der Waals surface area contributed by atoms with Crippen molar-refractivity contribution in [1.29, 1.82) is 0 Å². The van der Waals surface area contributed by atoms with Crippen molar-refractivity contribution in [1.82, 2.24) is 20.2 Å². The van der Waals surface area contributed by atoms with Gasteiger partial charge >= 0.3 is 0 Å². The second kappa shape index (κ2) is 5.36. The number of aromatic nitrogens is 2. The number of anilines is 1. The third kappa shape index (κ3) is 3.07. The van der Waals surface area contributed by atoms with Crippen LogP contribution in [0.4, 0.5) is 5.82 Å². The van der Waals surface area contributed by atoms with Crippen LogP contribution >= 0.6 is 0 Å². The number of carbonyl (C=O) groups excluding carboxylic acids is 1. The molecular weight excluding hydrogens is 254 g/mol. The topological polar surface area (TPSA) is 61.4 Å². The summed E-state index contributed by atoms with van der Waals surface area (Å²) < 4.78 is 0. The van der Waals surface area contributed by atoms with Gasteiger partial charge in [-0.25, -0.2) is 9.97 Å². The summed E-state index contributed by atoms with van der Waals surface area (Å²) in [6, 6.07) is 2.17. The molecule has 0 bridgehead atoms. The highest BCUT2D eigenvalue weighted by Crippen LogP contribution is 2.20. The van der Waals surface area contributed by atoms with Gasteiger partial charge in [-0.3, -0.25) is 4.79 Å². The minimum absolute atomic E-state index is 0.0756. The zero-order valence-electron chi connectivity index (χ0n) is 12.1. The first-order chi connectivity index (χ1) is 9.61. The van der Waals surface area contributed by atoms with Gasteiger partial charge < -0.3 is 15.1 Å². The first kappa shape index (κ1) is 13.3. The third-order valence-corrected chi connectivity index (χ3v) is 3.80. The lowest BCUT2D eigenvalue weighted by Gasteiger charge is -2.33. The Labute approximate surface area is 119 Å². The molecule has 1 amide bonds. The lowest BCUT2D eigenvalue weighted by Crippen LogP contribution is -2.45. The molecule has 2 fully saturated rings. The van der Waals surface area contributed by atoms with Gasteiger partial charge in [-0.1, -0.05) is 0 Å². The van der Waals surface area contributed by atoms with E-state index in [2.05, 4.69) is 32.1 Å². The summed E-state index contributed by atoms with van der Waals surface area (Å²) >= 11 is 0. The van der Waals surface area contributed by atoms with E-state index in [-0.39, 0.29) is 5.91 Å². The van der Waals surface area contributed by atoms with Crippen molar-refractivity contribution in [2.45, 2.75) is 25.8 Å². The van der Waals surface area contributed by atoms with Gasteiger partial charge in [0.15, 0.2) is 0 Å². The fraction of sp³-hybridized carbons (Fsp3) is 0.643. The first-order valence-corrected chi connectivity index (χ1v) is 7.22. The summed E-state index contributed by atoms with van der Waals surface area (Å²) in [5, 5.41) is 2.98. The molecule has 1 aliphatic heterocycles. The minimum Gasteiger partial charge on any atom is -0.354 e. The Morgan fingerprint density at radius 2 is 1.95 bits per heavy atom. The van der Waals surface area contributed by atoms with Gasteiger partial charge in [-0.15, -0.1) is 0 Å². The molecule has 0 atom stereocenters. The lowest BCUT2D eigenvalue weighted by atomic mass is 10.3.